The maximum Gasteiger partial charge on any atom is 0.343 e. The normalized spacial score (nSPS) is 15.5. The molecule has 3 aliphatic heterocycles. The Morgan fingerprint density at radius 2 is 1.01 bits per heavy atom. The van der Waals surface area contributed by atoms with Crippen molar-refractivity contribution in [1.29, 1.82) is 0 Å². The van der Waals surface area contributed by atoms with Crippen LogP contribution in [0.15, 0.2) is 71.5 Å². The van der Waals surface area contributed by atoms with Crippen LogP contribution in [0.3, 0.4) is 0 Å². The third-order valence-electron chi connectivity index (χ3n) is 22.5. The molecule has 5 heterocycles. The number of rotatable bonds is 73. The molecule has 44 heteroatoms. The van der Waals surface area contributed by atoms with Crippen LogP contribution in [0.4, 0.5) is 10.1 Å². The number of fused-ring (bicyclic) bond motifs is 5. The van der Waals surface area contributed by atoms with Crippen LogP contribution in [0.25, 0.3) is 22.3 Å². The monoisotopic (exact) mass is 1960 g/mol. The van der Waals surface area contributed by atoms with Crippen molar-refractivity contribution in [2.75, 3.05) is 263 Å². The molecule has 2 aromatic heterocycles. The molecule has 1 fully saturated rings. The van der Waals surface area contributed by atoms with Crippen LogP contribution in [0.5, 0.6) is 5.75 Å². The predicted octanol–water partition coefficient (Wildman–Crippen LogP) is 0.849. The van der Waals surface area contributed by atoms with Crippen molar-refractivity contribution in [3.8, 4) is 17.1 Å². The van der Waals surface area contributed by atoms with E-state index in [0.29, 0.717) is 203 Å². The Morgan fingerprint density at radius 1 is 0.540 bits per heavy atom. The number of methoxy groups -OCH3 is 2. The summed E-state index contributed by atoms with van der Waals surface area (Å²) < 4.78 is 122. The predicted molar refractivity (Wildman–Crippen MR) is 493 cm³/mol. The molecular formula is C95H130FN11O32. The second-order valence-electron chi connectivity index (χ2n) is 32.6. The zero-order valence-electron chi connectivity index (χ0n) is 79.2. The Hall–Kier alpha value is -10.9. The fourth-order valence-electron chi connectivity index (χ4n) is 15.2. The summed E-state index contributed by atoms with van der Waals surface area (Å²) in [6.07, 6.45) is 2.92. The quantitative estimate of drug-likeness (QED) is 0.0111. The molecule has 5 aromatic rings. The van der Waals surface area contributed by atoms with E-state index in [-0.39, 0.29) is 157 Å². The van der Waals surface area contributed by atoms with Crippen LogP contribution in [0.1, 0.15) is 111 Å². The van der Waals surface area contributed by atoms with Gasteiger partial charge in [0.25, 0.3) is 29.2 Å². The smallest absolute Gasteiger partial charge is 0.343 e. The molecule has 10 rings (SSSR count). The van der Waals surface area contributed by atoms with Gasteiger partial charge in [0.05, 0.1) is 276 Å². The molecule has 0 bridgehead atoms. The molecule has 43 nitrogen and oxygen atoms in total. The molecule has 139 heavy (non-hydrogen) atoms. The van der Waals surface area contributed by atoms with Crippen LogP contribution < -0.4 is 57.7 Å². The highest BCUT2D eigenvalue weighted by Gasteiger charge is 2.50. The number of pyridine rings is 2. The highest BCUT2D eigenvalue weighted by atomic mass is 19.1. The first-order valence-electron chi connectivity index (χ1n) is 46.7. The van der Waals surface area contributed by atoms with Crippen LogP contribution in [-0.4, -0.2) is 350 Å². The van der Waals surface area contributed by atoms with E-state index >= 15 is 4.39 Å². The number of carbonyl (C=O) groups is 11. The number of nitrogens with one attached hydrogen (secondary N) is 8. The van der Waals surface area contributed by atoms with Gasteiger partial charge >= 0.3 is 5.97 Å². The van der Waals surface area contributed by atoms with Gasteiger partial charge in [-0.1, -0.05) is 43.2 Å². The lowest BCUT2D eigenvalue weighted by Crippen LogP contribution is -2.52. The first-order chi connectivity index (χ1) is 67.6. The van der Waals surface area contributed by atoms with Gasteiger partial charge in [-0.25, -0.2) is 19.1 Å². The average molecular weight is 1960 g/mol. The van der Waals surface area contributed by atoms with Gasteiger partial charge in [0, 0.05) is 74.9 Å². The number of hydrogen-bond acceptors (Lipinski definition) is 33. The molecule has 0 unspecified atom stereocenters. The number of nitrogens with zero attached hydrogens (tertiary/aromatic N) is 3. The van der Waals surface area contributed by atoms with E-state index in [1.807, 2.05) is 0 Å². The highest BCUT2D eigenvalue weighted by Crippen LogP contribution is 2.48. The van der Waals surface area contributed by atoms with Crippen molar-refractivity contribution >= 4 is 81.6 Å². The van der Waals surface area contributed by atoms with E-state index in [0.717, 1.165) is 29.9 Å². The minimum atomic E-state index is -2.05. The second-order valence-corrected chi connectivity index (χ2v) is 32.6. The lowest BCUT2D eigenvalue weighted by Gasteiger charge is -2.32. The van der Waals surface area contributed by atoms with E-state index in [9.17, 15) is 62.6 Å². The molecule has 764 valence electrons. The lowest BCUT2D eigenvalue weighted by molar-refractivity contribution is -0.173. The van der Waals surface area contributed by atoms with Crippen molar-refractivity contribution < 1.29 is 152 Å². The molecular weight excluding hydrogens is 1830 g/mol. The molecule has 10 amide bonds. The molecule has 2 aliphatic carbocycles. The molecule has 9 N–H and O–H groups in total. The Bertz CT molecular complexity index is 4850. The number of aryl methyl sites for hydroxylation is 1. The number of benzene rings is 3. The van der Waals surface area contributed by atoms with Gasteiger partial charge in [0.15, 0.2) is 5.60 Å². The maximum absolute atomic E-state index is 15.7. The first-order valence-corrected chi connectivity index (χ1v) is 46.7. The van der Waals surface area contributed by atoms with Crippen LogP contribution in [0.2, 0.25) is 0 Å². The van der Waals surface area contributed by atoms with Gasteiger partial charge in [-0.05, 0) is 85.9 Å². The number of aliphatic hydroxyl groups is 1. The van der Waals surface area contributed by atoms with Gasteiger partial charge < -0.3 is 142 Å². The summed E-state index contributed by atoms with van der Waals surface area (Å²) in [5, 5.41) is 33.5. The minimum absolute atomic E-state index is 0.00286. The average Bonchev–Trinajstić information content (AvgIpc) is 1.55. The number of amides is 10. The SMILES string of the molecule is COCCOCCOCCOCCOCCOCCOCCOCCNC(=O)c1cc(N2C(=O)C=CC2=O)cc(C(=O)NCCOCCOCCOCCOCCOCCOCCOCCOC)c1OCCCC(=O)NCC(=O)NCC(=O)N[C@@H](Cc1ccccc1)C(=O)NCC(=O)NCO[C@@H](C)C(=O)N[C@H]1CCc2c(C)c(F)cc3nc4c(c1c23)Cn1c-4cc2c(c1=O)COC(=O)[C@]2(O)CC1CC1. The topological polar surface area (TPSA) is 518 Å². The van der Waals surface area contributed by atoms with Crippen LogP contribution >= 0.6 is 0 Å². The fourth-order valence-corrected chi connectivity index (χ4v) is 15.2. The number of hydrogen-bond donors (Lipinski definition) is 9. The van der Waals surface area contributed by atoms with Crippen molar-refractivity contribution in [2.45, 2.75) is 102 Å². The first kappa shape index (κ1) is 110. The zero-order chi connectivity index (χ0) is 98.9. The lowest BCUT2D eigenvalue weighted by atomic mass is 9.81. The molecule has 1 saturated carbocycles. The summed E-state index contributed by atoms with van der Waals surface area (Å²) in [4.78, 5) is 169. The van der Waals surface area contributed by atoms with E-state index in [1.165, 1.54) is 29.7 Å². The Morgan fingerprint density at radius 3 is 1.52 bits per heavy atom. The molecule has 4 atom stereocenters. The van der Waals surface area contributed by atoms with E-state index < -0.39 is 127 Å². The number of ether oxygens (including phenoxy) is 19. The number of aromatic nitrogens is 2. The number of cyclic esters (lactones) is 1. The third kappa shape index (κ3) is 35.7. The summed E-state index contributed by atoms with van der Waals surface area (Å²) in [5.41, 5.74) is 1.03. The van der Waals surface area contributed by atoms with E-state index in [2.05, 4.69) is 42.5 Å². The molecule has 0 saturated heterocycles. The minimum Gasteiger partial charge on any atom is -0.492 e. The number of imide groups is 1. The second kappa shape index (κ2) is 60.3. The summed E-state index contributed by atoms with van der Waals surface area (Å²) in [5.74, 6) is -8.95. The van der Waals surface area contributed by atoms with Crippen molar-refractivity contribution in [3.05, 3.63) is 133 Å². The maximum atomic E-state index is 15.7. The highest BCUT2D eigenvalue weighted by molar-refractivity contribution is 6.28. The van der Waals surface area contributed by atoms with Crippen molar-refractivity contribution in [3.63, 3.8) is 0 Å². The largest absolute Gasteiger partial charge is 0.492 e. The molecule has 5 aliphatic rings. The number of halogens is 1. The summed E-state index contributed by atoms with van der Waals surface area (Å²) in [6, 6.07) is 12.0. The molecule has 3 aromatic carbocycles. The third-order valence-corrected chi connectivity index (χ3v) is 22.5. The number of carbonyl (C=O) groups excluding carboxylic acids is 11. The standard InChI is InChI=1S/C95H130FN11O32/c1-63-68-14-15-75(86-71-60-106-78(87(71)104-76(85(68)86)55-74(63)96)54-73-72(93(106)118)61-138-94(119)95(73,120)56-66-12-13-66)105-89(114)64(2)139-62-102-81(110)58-101-92(117)77(51-65-9-6-5-7-10-65)103-82(111)59-100-80(109)57-99-79(108)11-8-20-137-88-69(90(115)97-18-21-123-27-29-127-35-37-131-43-45-135-49-47-133-41-39-129-33-31-125-25-23-121-3)52-67(107-83(112)16-17-84(107)113)53-70(88)91(116)98-19-22-124-28-30-128-36-38-132-44-46-136-50-48-134-42-40-130-34-32-126-26-24-122-4/h5-7,9-10,16-17,52-55,64,66,75,77,120H,8,11-15,18-51,56-62H2,1-4H3,(H,97,115)(H,98,116)(H,99,108)(H,100,109)(H,101,117)(H,102,110)(H,103,111)(H,105,114)/t64-,75-,77-,95-/m0/s1. The van der Waals surface area contributed by atoms with Gasteiger partial charge in [-0.15, -0.1) is 0 Å². The molecule has 0 radical (unpaired) electrons. The Labute approximate surface area is 804 Å². The fraction of sp³-hybridized carbons (Fsp3) is 0.589. The van der Waals surface area contributed by atoms with Gasteiger partial charge in [-0.3, -0.25) is 52.7 Å². The van der Waals surface area contributed by atoms with Crippen LogP contribution in [0, 0.1) is 18.7 Å². The van der Waals surface area contributed by atoms with Crippen molar-refractivity contribution in [1.82, 2.24) is 52.1 Å². The molecule has 0 spiro atoms. The summed E-state index contributed by atoms with van der Waals surface area (Å²) >= 11 is 0. The number of esters is 1. The van der Waals surface area contributed by atoms with E-state index in [4.69, 9.17) is 95.0 Å². The van der Waals surface area contributed by atoms with Gasteiger partial charge in [0.1, 0.15) is 37.1 Å². The summed E-state index contributed by atoms with van der Waals surface area (Å²) in [6.45, 7) is 10.5. The van der Waals surface area contributed by atoms with Gasteiger partial charge in [0.2, 0.25) is 35.4 Å². The number of anilines is 1. The Balaban J connectivity index is 0.654. The van der Waals surface area contributed by atoms with Gasteiger partial charge in [-0.2, -0.15) is 0 Å². The van der Waals surface area contributed by atoms with Crippen LogP contribution in [-0.2, 0) is 160 Å². The van der Waals surface area contributed by atoms with Crippen molar-refractivity contribution in [2.24, 2.45) is 5.92 Å². The Kier molecular flexibility index (Phi) is 47.8. The zero-order valence-corrected chi connectivity index (χ0v) is 79.2. The van der Waals surface area contributed by atoms with E-state index in [1.54, 1.807) is 57.5 Å². The summed E-state index contributed by atoms with van der Waals surface area (Å²) in [7, 11) is 3.22.